The van der Waals surface area contributed by atoms with Gasteiger partial charge in [-0.3, -0.25) is 9.59 Å². The summed E-state index contributed by atoms with van der Waals surface area (Å²) >= 11 is 0. The number of nitrogen functional groups attached to an aromatic ring is 1. The zero-order valence-corrected chi connectivity index (χ0v) is 17.0. The van der Waals surface area contributed by atoms with Crippen LogP contribution in [0.25, 0.3) is 33.3 Å². The summed E-state index contributed by atoms with van der Waals surface area (Å²) in [5, 5.41) is 2.46. The molecule has 1 aliphatic heterocycles. The van der Waals surface area contributed by atoms with Gasteiger partial charge in [0.05, 0.1) is 35.3 Å². The number of H-pyrrole nitrogens is 2. The number of anilines is 2. The molecule has 1 aliphatic rings. The number of hydrogen-bond acceptors (Lipinski definition) is 7. The minimum atomic E-state index is -0.303. The third-order valence-corrected chi connectivity index (χ3v) is 5.53. The van der Waals surface area contributed by atoms with Crippen LogP contribution in [0.15, 0.2) is 47.3 Å². The molecule has 4 N–H and O–H groups in total. The molecule has 2 aromatic carbocycles. The van der Waals surface area contributed by atoms with Crippen molar-refractivity contribution in [2.24, 2.45) is 0 Å². The van der Waals surface area contributed by atoms with Crippen molar-refractivity contribution in [1.82, 2.24) is 20.0 Å². The van der Waals surface area contributed by atoms with Crippen molar-refractivity contribution in [2.75, 3.05) is 36.8 Å². The first-order valence-electron chi connectivity index (χ1n) is 10.1. The van der Waals surface area contributed by atoms with Crippen LogP contribution in [0.2, 0.25) is 0 Å². The number of hydrogen-bond donors (Lipinski definition) is 3. The molecule has 1 saturated heterocycles. The summed E-state index contributed by atoms with van der Waals surface area (Å²) in [5.74, 6) is 0.138. The molecule has 4 aromatic rings. The molecule has 9 heteroatoms. The summed E-state index contributed by atoms with van der Waals surface area (Å²) in [6.45, 7) is 4.14. The van der Waals surface area contributed by atoms with Gasteiger partial charge in [0.25, 0.3) is 5.56 Å². The Bertz CT molecular complexity index is 1350. The van der Waals surface area contributed by atoms with Gasteiger partial charge in [-0.2, -0.15) is 0 Å². The Balaban J connectivity index is 1.47. The number of aromatic amines is 2. The summed E-state index contributed by atoms with van der Waals surface area (Å²) < 4.78 is 0. The first kappa shape index (κ1) is 19.1. The summed E-state index contributed by atoms with van der Waals surface area (Å²) in [5.41, 5.74) is 10.1. The van der Waals surface area contributed by atoms with Crippen molar-refractivity contribution >= 4 is 39.3 Å². The predicted octanol–water partition coefficient (Wildman–Crippen LogP) is 2.25. The molecular weight excluding hydrogens is 396 g/mol. The second-order valence-corrected chi connectivity index (χ2v) is 7.57. The number of nitrogens with zero attached hydrogens (tertiary/aromatic N) is 3. The van der Waals surface area contributed by atoms with Crippen molar-refractivity contribution in [3.05, 3.63) is 52.8 Å². The Morgan fingerprint density at radius 1 is 1.06 bits per heavy atom. The Morgan fingerprint density at radius 3 is 2.61 bits per heavy atom. The molecule has 0 saturated carbocycles. The molecule has 0 bridgehead atoms. The SMILES string of the molecule is CC(=O)ON1CCN(c2ccc3nc(-c4c(N)c5ccccc5[nH]c4=O)[nH]c3c2)CC1. The van der Waals surface area contributed by atoms with E-state index in [9.17, 15) is 9.59 Å². The third-order valence-electron chi connectivity index (χ3n) is 5.53. The van der Waals surface area contributed by atoms with Gasteiger partial charge in [0.15, 0.2) is 0 Å². The highest BCUT2D eigenvalue weighted by Crippen LogP contribution is 2.29. The van der Waals surface area contributed by atoms with Crippen LogP contribution in [0.1, 0.15) is 6.92 Å². The number of hydroxylamine groups is 2. The predicted molar refractivity (Wildman–Crippen MR) is 120 cm³/mol. The second-order valence-electron chi connectivity index (χ2n) is 7.57. The van der Waals surface area contributed by atoms with E-state index in [1.165, 1.54) is 6.92 Å². The Hall–Kier alpha value is -3.85. The number of carbonyl (C=O) groups is 1. The van der Waals surface area contributed by atoms with Gasteiger partial charge >= 0.3 is 5.97 Å². The summed E-state index contributed by atoms with van der Waals surface area (Å²) in [6.07, 6.45) is 0. The van der Waals surface area contributed by atoms with Crippen LogP contribution in [-0.2, 0) is 9.63 Å². The van der Waals surface area contributed by atoms with Crippen molar-refractivity contribution < 1.29 is 9.63 Å². The molecule has 0 atom stereocenters. The Morgan fingerprint density at radius 2 is 1.84 bits per heavy atom. The van der Waals surface area contributed by atoms with Gasteiger partial charge in [-0.05, 0) is 24.3 Å². The average molecular weight is 418 g/mol. The van der Waals surface area contributed by atoms with E-state index in [1.807, 2.05) is 42.5 Å². The average Bonchev–Trinajstić information content (AvgIpc) is 3.16. The highest BCUT2D eigenvalue weighted by molar-refractivity contribution is 5.97. The van der Waals surface area contributed by atoms with Crippen molar-refractivity contribution in [3.63, 3.8) is 0 Å². The number of imidazole rings is 1. The lowest BCUT2D eigenvalue weighted by Gasteiger charge is -2.34. The summed E-state index contributed by atoms with van der Waals surface area (Å²) in [7, 11) is 0. The van der Waals surface area contributed by atoms with E-state index in [4.69, 9.17) is 10.6 Å². The van der Waals surface area contributed by atoms with Crippen LogP contribution >= 0.6 is 0 Å². The monoisotopic (exact) mass is 418 g/mol. The zero-order valence-electron chi connectivity index (χ0n) is 17.0. The van der Waals surface area contributed by atoms with Crippen LogP contribution in [0.4, 0.5) is 11.4 Å². The Kier molecular flexibility index (Phi) is 4.59. The second kappa shape index (κ2) is 7.44. The molecule has 9 nitrogen and oxygen atoms in total. The van der Waals surface area contributed by atoms with Gasteiger partial charge < -0.3 is 25.4 Å². The van der Waals surface area contributed by atoms with E-state index in [2.05, 4.69) is 19.9 Å². The molecule has 1 fully saturated rings. The van der Waals surface area contributed by atoms with Gasteiger partial charge in [0.1, 0.15) is 11.4 Å². The maximum Gasteiger partial charge on any atom is 0.322 e. The molecule has 0 spiro atoms. The van der Waals surface area contributed by atoms with Gasteiger partial charge in [0, 0.05) is 31.1 Å². The first-order chi connectivity index (χ1) is 15.0. The largest absolute Gasteiger partial charge is 0.397 e. The number of nitrogens with two attached hydrogens (primary N) is 1. The van der Waals surface area contributed by atoms with Gasteiger partial charge in [-0.25, -0.2) is 4.98 Å². The van der Waals surface area contributed by atoms with Crippen LogP contribution in [0.3, 0.4) is 0 Å². The lowest BCUT2D eigenvalue weighted by Crippen LogP contribution is -2.46. The quantitative estimate of drug-likeness (QED) is 0.467. The number of rotatable bonds is 3. The molecule has 0 amide bonds. The smallest absolute Gasteiger partial charge is 0.322 e. The van der Waals surface area contributed by atoms with E-state index >= 15 is 0 Å². The number of aromatic nitrogens is 3. The molecule has 3 heterocycles. The van der Waals surface area contributed by atoms with Gasteiger partial charge in [-0.1, -0.05) is 18.2 Å². The Labute approximate surface area is 177 Å². The van der Waals surface area contributed by atoms with Crippen molar-refractivity contribution in [2.45, 2.75) is 6.92 Å². The molecule has 31 heavy (non-hydrogen) atoms. The standard InChI is InChI=1S/C22H22N6O3/c1-13(29)31-28-10-8-27(9-11-28)14-6-7-17-18(12-14)25-21(24-17)19-20(23)15-4-2-3-5-16(15)26-22(19)30/h2-7,12H,8-11H2,1H3,(H,24,25)(H3,23,26,30). The number of fused-ring (bicyclic) bond motifs is 2. The number of pyridine rings is 1. The molecular formula is C22H22N6O3. The van der Waals surface area contributed by atoms with Gasteiger partial charge in [0.2, 0.25) is 0 Å². The number of piperazine rings is 1. The van der Waals surface area contributed by atoms with E-state index in [1.54, 1.807) is 5.06 Å². The minimum absolute atomic E-state index is 0.280. The van der Waals surface area contributed by atoms with Crippen LogP contribution < -0.4 is 16.2 Å². The maximum atomic E-state index is 12.7. The third kappa shape index (κ3) is 3.49. The minimum Gasteiger partial charge on any atom is -0.397 e. The molecule has 0 unspecified atom stereocenters. The molecule has 2 aromatic heterocycles. The van der Waals surface area contributed by atoms with Crippen LogP contribution in [0, 0.1) is 0 Å². The lowest BCUT2D eigenvalue weighted by atomic mass is 10.1. The van der Waals surface area contributed by atoms with E-state index in [0.29, 0.717) is 35.7 Å². The molecule has 0 aliphatic carbocycles. The molecule has 158 valence electrons. The highest BCUT2D eigenvalue weighted by atomic mass is 16.7. The van der Waals surface area contributed by atoms with E-state index < -0.39 is 0 Å². The topological polar surface area (TPSA) is 120 Å². The molecule has 5 rings (SSSR count). The maximum absolute atomic E-state index is 12.7. The van der Waals surface area contributed by atoms with Crippen LogP contribution in [0.5, 0.6) is 0 Å². The highest BCUT2D eigenvalue weighted by Gasteiger charge is 2.20. The summed E-state index contributed by atoms with van der Waals surface area (Å²) in [4.78, 5) is 41.9. The van der Waals surface area contributed by atoms with Crippen molar-refractivity contribution in [3.8, 4) is 11.4 Å². The van der Waals surface area contributed by atoms with E-state index in [-0.39, 0.29) is 11.5 Å². The number of para-hydroxylation sites is 1. The van der Waals surface area contributed by atoms with E-state index in [0.717, 1.165) is 35.2 Å². The van der Waals surface area contributed by atoms with Gasteiger partial charge in [-0.15, -0.1) is 5.06 Å². The lowest BCUT2D eigenvalue weighted by molar-refractivity contribution is -0.188. The normalized spacial score (nSPS) is 14.9. The number of carbonyl (C=O) groups excluding carboxylic acids is 1. The number of nitrogens with one attached hydrogen (secondary N) is 2. The zero-order chi connectivity index (χ0) is 21.5. The molecule has 0 radical (unpaired) electrons. The van der Waals surface area contributed by atoms with Crippen LogP contribution in [-0.4, -0.2) is 52.2 Å². The summed E-state index contributed by atoms with van der Waals surface area (Å²) in [6, 6.07) is 13.4. The fraction of sp³-hybridized carbons (Fsp3) is 0.227. The first-order valence-corrected chi connectivity index (χ1v) is 10.1. The van der Waals surface area contributed by atoms with Crippen molar-refractivity contribution in [1.29, 1.82) is 0 Å². The number of benzene rings is 2. The fourth-order valence-corrected chi connectivity index (χ4v) is 4.04. The fourth-order valence-electron chi connectivity index (χ4n) is 4.04.